The van der Waals surface area contributed by atoms with Crippen LogP contribution in [0.2, 0.25) is 0 Å². The summed E-state index contributed by atoms with van der Waals surface area (Å²) in [6.45, 7) is 0. The number of hydrogen-bond donors (Lipinski definition) is 1. The summed E-state index contributed by atoms with van der Waals surface area (Å²) in [6, 6.07) is 0. The van der Waals surface area contributed by atoms with Gasteiger partial charge in [0.25, 0.3) is 0 Å². The second-order valence-electron chi connectivity index (χ2n) is 0.834. The zero-order valence-corrected chi connectivity index (χ0v) is 6.72. The molecule has 0 aliphatic carbocycles. The van der Waals surface area contributed by atoms with E-state index in [4.69, 9.17) is 0 Å². The fourth-order valence-electron chi connectivity index (χ4n) is 0.0745. The SMILES string of the molecule is COP(=S)(S)OC. The highest BCUT2D eigenvalue weighted by Crippen LogP contribution is 2.51. The van der Waals surface area contributed by atoms with Crippen LogP contribution in [-0.2, 0) is 20.9 Å². The molecule has 0 amide bonds. The summed E-state index contributed by atoms with van der Waals surface area (Å²) in [5.74, 6) is 0. The van der Waals surface area contributed by atoms with Crippen molar-refractivity contribution in [3.63, 3.8) is 0 Å². The van der Waals surface area contributed by atoms with Crippen LogP contribution < -0.4 is 0 Å². The van der Waals surface area contributed by atoms with Gasteiger partial charge in [0.15, 0.2) is 0 Å². The molecule has 5 heteroatoms. The predicted octanol–water partition coefficient (Wildman–Crippen LogP) is 1.43. The quantitative estimate of drug-likeness (QED) is 0.484. The van der Waals surface area contributed by atoms with Crippen LogP contribution in [0.1, 0.15) is 0 Å². The third kappa shape index (κ3) is 3.50. The predicted molar refractivity (Wildman–Crippen MR) is 37.3 cm³/mol. The Balaban J connectivity index is 3.61. The van der Waals surface area contributed by atoms with Gasteiger partial charge in [0.2, 0.25) is 5.69 Å². The first-order chi connectivity index (χ1) is 3.12. The lowest BCUT2D eigenvalue weighted by atomic mass is 11.8. The lowest BCUT2D eigenvalue weighted by molar-refractivity contribution is 0.354. The van der Waals surface area contributed by atoms with E-state index in [1.165, 1.54) is 14.2 Å². The summed E-state index contributed by atoms with van der Waals surface area (Å²) in [6.07, 6.45) is 0. The Morgan fingerprint density at radius 2 is 1.71 bits per heavy atom. The van der Waals surface area contributed by atoms with Crippen molar-refractivity contribution < 1.29 is 9.05 Å². The molecule has 0 bridgehead atoms. The largest absolute Gasteiger partial charge is 0.325 e. The molecule has 44 valence electrons. The maximum atomic E-state index is 4.68. The zero-order valence-electron chi connectivity index (χ0n) is 4.12. The molecule has 0 aliphatic heterocycles. The summed E-state index contributed by atoms with van der Waals surface area (Å²) < 4.78 is 9.31. The van der Waals surface area contributed by atoms with Crippen molar-refractivity contribution >= 4 is 29.7 Å². The van der Waals surface area contributed by atoms with Crippen molar-refractivity contribution in [3.05, 3.63) is 0 Å². The van der Waals surface area contributed by atoms with Crippen LogP contribution in [0.3, 0.4) is 0 Å². The van der Waals surface area contributed by atoms with Gasteiger partial charge in [-0.3, -0.25) is 0 Å². The van der Waals surface area contributed by atoms with Crippen LogP contribution in [0.4, 0.5) is 0 Å². The topological polar surface area (TPSA) is 18.5 Å². The maximum Gasteiger partial charge on any atom is 0.243 e. The molecule has 0 atom stereocenters. The molecule has 0 unspecified atom stereocenters. The molecule has 0 N–H and O–H groups in total. The van der Waals surface area contributed by atoms with Crippen LogP contribution in [-0.4, -0.2) is 14.2 Å². The standard InChI is InChI=1S/C2H7O2PS2/c1-3-5(6,7)4-2/h1-2H3,(H,6,7). The monoisotopic (exact) mass is 158 g/mol. The molecule has 0 spiro atoms. The minimum absolute atomic E-state index is 1.48. The number of rotatable bonds is 2. The van der Waals surface area contributed by atoms with E-state index in [1.54, 1.807) is 0 Å². The van der Waals surface area contributed by atoms with E-state index in [9.17, 15) is 0 Å². The van der Waals surface area contributed by atoms with Crippen molar-refractivity contribution in [2.45, 2.75) is 0 Å². The van der Waals surface area contributed by atoms with E-state index in [0.29, 0.717) is 0 Å². The Kier molecular flexibility index (Phi) is 3.45. The van der Waals surface area contributed by atoms with Crippen LogP contribution in [0.25, 0.3) is 0 Å². The van der Waals surface area contributed by atoms with E-state index < -0.39 is 5.69 Å². The summed E-state index contributed by atoms with van der Waals surface area (Å²) >= 11 is 8.54. The van der Waals surface area contributed by atoms with Crippen molar-refractivity contribution in [2.24, 2.45) is 0 Å². The second-order valence-corrected chi connectivity index (χ2v) is 6.33. The molecule has 2 nitrogen and oxygen atoms in total. The molecule has 0 heterocycles. The first kappa shape index (κ1) is 7.92. The smallest absolute Gasteiger partial charge is 0.243 e. The van der Waals surface area contributed by atoms with Gasteiger partial charge in [0.05, 0.1) is 0 Å². The summed E-state index contributed by atoms with van der Waals surface area (Å²) in [7, 11) is 2.97. The highest BCUT2D eigenvalue weighted by molar-refractivity contribution is 8.60. The van der Waals surface area contributed by atoms with Gasteiger partial charge in [-0.2, -0.15) is 0 Å². The molecular formula is C2H7O2PS2. The van der Waals surface area contributed by atoms with Crippen LogP contribution in [0.5, 0.6) is 0 Å². The van der Waals surface area contributed by atoms with Gasteiger partial charge in [0.1, 0.15) is 0 Å². The Hall–Kier alpha value is 0.920. The Morgan fingerprint density at radius 3 is 1.71 bits per heavy atom. The van der Waals surface area contributed by atoms with Gasteiger partial charge >= 0.3 is 0 Å². The average Bonchev–Trinajstić information content (AvgIpc) is 1.68. The van der Waals surface area contributed by atoms with Crippen molar-refractivity contribution in [2.75, 3.05) is 14.2 Å². The van der Waals surface area contributed by atoms with Gasteiger partial charge in [0, 0.05) is 14.2 Å². The average molecular weight is 158 g/mol. The summed E-state index contributed by atoms with van der Waals surface area (Å²) in [5, 5.41) is 0. The lowest BCUT2D eigenvalue weighted by Gasteiger charge is -2.07. The van der Waals surface area contributed by atoms with E-state index >= 15 is 0 Å². The molecule has 0 radical (unpaired) electrons. The van der Waals surface area contributed by atoms with Crippen LogP contribution >= 0.6 is 17.9 Å². The summed E-state index contributed by atoms with van der Waals surface area (Å²) in [5.41, 5.74) is -2.13. The Labute approximate surface area is 53.5 Å². The minimum Gasteiger partial charge on any atom is -0.325 e. The van der Waals surface area contributed by atoms with E-state index in [1.807, 2.05) is 0 Å². The van der Waals surface area contributed by atoms with Crippen molar-refractivity contribution in [3.8, 4) is 0 Å². The Morgan fingerprint density at radius 1 is 1.43 bits per heavy atom. The highest BCUT2D eigenvalue weighted by Gasteiger charge is 2.04. The molecule has 7 heavy (non-hydrogen) atoms. The maximum absolute atomic E-state index is 4.68. The van der Waals surface area contributed by atoms with Crippen LogP contribution in [0.15, 0.2) is 0 Å². The number of hydrogen-bond acceptors (Lipinski definition) is 3. The highest BCUT2D eigenvalue weighted by atomic mass is 32.9. The third-order valence-electron chi connectivity index (χ3n) is 0.461. The number of thiol groups is 1. The first-order valence-corrected chi connectivity index (χ1v) is 5.36. The molecule has 0 aliphatic rings. The normalized spacial score (nSPS) is 11.9. The van der Waals surface area contributed by atoms with Gasteiger partial charge in [-0.25, -0.2) is 0 Å². The fraction of sp³-hybridized carbons (Fsp3) is 1.00. The molecule has 0 saturated heterocycles. The van der Waals surface area contributed by atoms with Gasteiger partial charge in [-0.15, -0.1) is 0 Å². The van der Waals surface area contributed by atoms with Crippen molar-refractivity contribution in [1.29, 1.82) is 0 Å². The first-order valence-electron chi connectivity index (χ1n) is 1.56. The third-order valence-corrected chi connectivity index (χ3v) is 3.26. The van der Waals surface area contributed by atoms with Crippen molar-refractivity contribution in [1.82, 2.24) is 0 Å². The second kappa shape index (κ2) is 3.05. The van der Waals surface area contributed by atoms with Gasteiger partial charge in [-0.05, 0) is 11.8 Å². The lowest BCUT2D eigenvalue weighted by Crippen LogP contribution is -1.76. The molecule has 0 fully saturated rings. The zero-order chi connectivity index (χ0) is 5.91. The molecular weight excluding hydrogens is 151 g/mol. The molecule has 0 saturated carbocycles. The Bertz CT molecular complexity index is 85.7. The van der Waals surface area contributed by atoms with Gasteiger partial charge < -0.3 is 9.05 Å². The van der Waals surface area contributed by atoms with E-state index in [2.05, 4.69) is 33.1 Å². The molecule has 0 rings (SSSR count). The molecule has 0 aromatic rings. The minimum atomic E-state index is -2.13. The van der Waals surface area contributed by atoms with E-state index in [-0.39, 0.29) is 0 Å². The fourth-order valence-corrected chi connectivity index (χ4v) is 0.224. The van der Waals surface area contributed by atoms with Crippen LogP contribution in [0, 0.1) is 0 Å². The summed E-state index contributed by atoms with van der Waals surface area (Å²) in [4.78, 5) is 0. The van der Waals surface area contributed by atoms with Gasteiger partial charge in [-0.1, -0.05) is 12.2 Å². The molecule has 0 aromatic heterocycles. The van der Waals surface area contributed by atoms with E-state index in [0.717, 1.165) is 0 Å². The molecule has 0 aromatic carbocycles.